The van der Waals surface area contributed by atoms with Crippen LogP contribution in [-0.2, 0) is 9.53 Å². The van der Waals surface area contributed by atoms with Gasteiger partial charge in [-0.2, -0.15) is 0 Å². The maximum atomic E-state index is 12.1. The second kappa shape index (κ2) is 29.7. The minimum atomic E-state index is 0.0374. The van der Waals surface area contributed by atoms with Crippen molar-refractivity contribution in [2.75, 3.05) is 6.61 Å². The van der Waals surface area contributed by atoms with Crippen LogP contribution in [0.2, 0.25) is 0 Å². The fourth-order valence-corrected chi connectivity index (χ4v) is 5.20. The van der Waals surface area contributed by atoms with Crippen LogP contribution in [0.1, 0.15) is 194 Å². The Morgan fingerprint density at radius 2 is 0.800 bits per heavy atom. The zero-order valence-corrected chi connectivity index (χ0v) is 24.7. The molecule has 0 rings (SSSR count). The molecule has 0 spiro atoms. The van der Waals surface area contributed by atoms with Crippen molar-refractivity contribution in [3.05, 3.63) is 0 Å². The molecule has 0 atom stereocenters. The first-order chi connectivity index (χ1) is 17.2. The SMILES string of the molecule is CCCCCCCCCCCCCCCCCC(=O)OCCC(CCCCCC)CCCCCC. The number of esters is 1. The van der Waals surface area contributed by atoms with Crippen LogP contribution >= 0.6 is 0 Å². The summed E-state index contributed by atoms with van der Waals surface area (Å²) >= 11 is 0. The van der Waals surface area contributed by atoms with Crippen LogP contribution in [0.4, 0.5) is 0 Å². The predicted octanol–water partition coefficient (Wildman–Crippen LogP) is 11.7. The van der Waals surface area contributed by atoms with Gasteiger partial charge >= 0.3 is 5.97 Å². The summed E-state index contributed by atoms with van der Waals surface area (Å²) in [4.78, 5) is 12.1. The largest absolute Gasteiger partial charge is 0.466 e. The Hall–Kier alpha value is -0.530. The van der Waals surface area contributed by atoms with Gasteiger partial charge in [0.1, 0.15) is 0 Å². The van der Waals surface area contributed by atoms with Crippen LogP contribution in [0.25, 0.3) is 0 Å². The number of carbonyl (C=O) groups excluding carboxylic acids is 1. The van der Waals surface area contributed by atoms with Crippen molar-refractivity contribution in [1.82, 2.24) is 0 Å². The third-order valence-electron chi connectivity index (χ3n) is 7.71. The third-order valence-corrected chi connectivity index (χ3v) is 7.71. The molecular weight excluding hydrogens is 428 g/mol. The monoisotopic (exact) mass is 495 g/mol. The van der Waals surface area contributed by atoms with Crippen molar-refractivity contribution in [2.45, 2.75) is 194 Å². The van der Waals surface area contributed by atoms with Gasteiger partial charge in [-0.25, -0.2) is 0 Å². The summed E-state index contributed by atoms with van der Waals surface area (Å²) in [7, 11) is 0. The first kappa shape index (κ1) is 34.5. The van der Waals surface area contributed by atoms with E-state index in [1.54, 1.807) is 0 Å². The van der Waals surface area contributed by atoms with Gasteiger partial charge in [0, 0.05) is 6.42 Å². The summed E-state index contributed by atoms with van der Waals surface area (Å²) in [6.45, 7) is 7.49. The highest BCUT2D eigenvalue weighted by molar-refractivity contribution is 5.69. The lowest BCUT2D eigenvalue weighted by molar-refractivity contribution is -0.144. The minimum Gasteiger partial charge on any atom is -0.466 e. The quantitative estimate of drug-likeness (QED) is 0.0763. The third kappa shape index (κ3) is 27.9. The van der Waals surface area contributed by atoms with Gasteiger partial charge in [0.05, 0.1) is 6.61 Å². The van der Waals surface area contributed by atoms with E-state index in [0.717, 1.165) is 18.8 Å². The smallest absolute Gasteiger partial charge is 0.305 e. The molecule has 0 aliphatic carbocycles. The lowest BCUT2D eigenvalue weighted by Crippen LogP contribution is -2.10. The molecule has 0 N–H and O–H groups in total. The van der Waals surface area contributed by atoms with E-state index in [2.05, 4.69) is 20.8 Å². The van der Waals surface area contributed by atoms with Crippen LogP contribution in [0.15, 0.2) is 0 Å². The molecule has 0 fully saturated rings. The van der Waals surface area contributed by atoms with Gasteiger partial charge < -0.3 is 4.74 Å². The number of hydrogen-bond donors (Lipinski definition) is 0. The molecule has 0 aromatic rings. The zero-order chi connectivity index (χ0) is 25.7. The average Bonchev–Trinajstić information content (AvgIpc) is 2.86. The van der Waals surface area contributed by atoms with Gasteiger partial charge in [-0.1, -0.05) is 175 Å². The van der Waals surface area contributed by atoms with E-state index in [9.17, 15) is 4.79 Å². The summed E-state index contributed by atoms with van der Waals surface area (Å²) < 4.78 is 5.61. The summed E-state index contributed by atoms with van der Waals surface area (Å²) in [6.07, 6.45) is 35.5. The Labute approximate surface area is 222 Å². The molecule has 0 saturated carbocycles. The van der Waals surface area contributed by atoms with Crippen LogP contribution in [0.3, 0.4) is 0 Å². The Morgan fingerprint density at radius 3 is 1.20 bits per heavy atom. The number of ether oxygens (including phenoxy) is 1. The average molecular weight is 495 g/mol. The van der Waals surface area contributed by atoms with Crippen molar-refractivity contribution < 1.29 is 9.53 Å². The molecule has 0 heterocycles. The van der Waals surface area contributed by atoms with E-state index < -0.39 is 0 Å². The van der Waals surface area contributed by atoms with Crippen molar-refractivity contribution in [3.8, 4) is 0 Å². The summed E-state index contributed by atoms with van der Waals surface area (Å²) in [5, 5.41) is 0. The first-order valence-electron chi connectivity index (χ1n) is 16.4. The number of unbranched alkanes of at least 4 members (excludes halogenated alkanes) is 20. The van der Waals surface area contributed by atoms with E-state index in [1.165, 1.54) is 154 Å². The standard InChI is InChI=1S/C33H66O2/c1-4-7-10-13-14-15-16-17-18-19-20-21-22-23-26-29-33(34)35-31-30-32(27-24-11-8-5-2)28-25-12-9-6-3/h32H,4-31H2,1-3H3. The maximum Gasteiger partial charge on any atom is 0.305 e. The van der Waals surface area contributed by atoms with E-state index in [0.29, 0.717) is 13.0 Å². The molecule has 0 unspecified atom stereocenters. The second-order valence-corrected chi connectivity index (χ2v) is 11.3. The molecule has 0 amide bonds. The summed E-state index contributed by atoms with van der Waals surface area (Å²) in [5.74, 6) is 0.790. The Balaban J connectivity index is 3.56. The topological polar surface area (TPSA) is 26.3 Å². The molecule has 0 radical (unpaired) electrons. The predicted molar refractivity (Wildman–Crippen MR) is 156 cm³/mol. The fourth-order valence-electron chi connectivity index (χ4n) is 5.20. The highest BCUT2D eigenvalue weighted by atomic mass is 16.5. The van der Waals surface area contributed by atoms with Gasteiger partial charge in [-0.05, 0) is 18.8 Å². The van der Waals surface area contributed by atoms with Gasteiger partial charge in [-0.3, -0.25) is 4.79 Å². The van der Waals surface area contributed by atoms with E-state index >= 15 is 0 Å². The van der Waals surface area contributed by atoms with E-state index in [-0.39, 0.29) is 5.97 Å². The molecule has 0 saturated heterocycles. The highest BCUT2D eigenvalue weighted by Gasteiger charge is 2.10. The van der Waals surface area contributed by atoms with Crippen LogP contribution < -0.4 is 0 Å². The van der Waals surface area contributed by atoms with Crippen LogP contribution in [0, 0.1) is 5.92 Å². The Morgan fingerprint density at radius 1 is 0.457 bits per heavy atom. The molecule has 0 aromatic carbocycles. The van der Waals surface area contributed by atoms with Crippen LogP contribution in [0.5, 0.6) is 0 Å². The van der Waals surface area contributed by atoms with Gasteiger partial charge in [0.2, 0.25) is 0 Å². The van der Waals surface area contributed by atoms with Crippen LogP contribution in [-0.4, -0.2) is 12.6 Å². The normalized spacial score (nSPS) is 11.4. The fraction of sp³-hybridized carbons (Fsp3) is 0.970. The van der Waals surface area contributed by atoms with E-state index in [4.69, 9.17) is 4.74 Å². The molecule has 0 aliphatic heterocycles. The molecule has 2 nitrogen and oxygen atoms in total. The van der Waals surface area contributed by atoms with Crippen molar-refractivity contribution >= 4 is 5.97 Å². The maximum absolute atomic E-state index is 12.1. The molecule has 0 aliphatic rings. The van der Waals surface area contributed by atoms with Gasteiger partial charge in [-0.15, -0.1) is 0 Å². The lowest BCUT2D eigenvalue weighted by atomic mass is 9.92. The lowest BCUT2D eigenvalue weighted by Gasteiger charge is -2.17. The first-order valence-corrected chi connectivity index (χ1v) is 16.4. The van der Waals surface area contributed by atoms with Crippen molar-refractivity contribution in [1.29, 1.82) is 0 Å². The number of rotatable bonds is 29. The molecule has 35 heavy (non-hydrogen) atoms. The van der Waals surface area contributed by atoms with Crippen molar-refractivity contribution in [3.63, 3.8) is 0 Å². The van der Waals surface area contributed by atoms with Crippen molar-refractivity contribution in [2.24, 2.45) is 5.92 Å². The summed E-state index contributed by atoms with van der Waals surface area (Å²) in [6, 6.07) is 0. The molecule has 2 heteroatoms. The molecule has 210 valence electrons. The minimum absolute atomic E-state index is 0.0374. The second-order valence-electron chi connectivity index (χ2n) is 11.3. The zero-order valence-electron chi connectivity index (χ0n) is 24.7. The molecular formula is C33H66O2. The van der Waals surface area contributed by atoms with Gasteiger partial charge in [0.25, 0.3) is 0 Å². The number of carbonyl (C=O) groups is 1. The summed E-state index contributed by atoms with van der Waals surface area (Å²) in [5.41, 5.74) is 0. The molecule has 0 bridgehead atoms. The Bertz CT molecular complexity index is 394. The van der Waals surface area contributed by atoms with Gasteiger partial charge in [0.15, 0.2) is 0 Å². The Kier molecular flexibility index (Phi) is 29.2. The number of hydrogen-bond acceptors (Lipinski definition) is 2. The molecule has 0 aromatic heterocycles. The van der Waals surface area contributed by atoms with E-state index in [1.807, 2.05) is 0 Å². The highest BCUT2D eigenvalue weighted by Crippen LogP contribution is 2.22.